The van der Waals surface area contributed by atoms with Crippen LogP contribution in [0.3, 0.4) is 0 Å². The number of nitrogens with zero attached hydrogens (tertiary/aromatic N) is 1. The Kier molecular flexibility index (Phi) is 5.18. The van der Waals surface area contributed by atoms with Crippen molar-refractivity contribution in [2.45, 2.75) is 13.3 Å². The highest BCUT2D eigenvalue weighted by atomic mass is 32.1. The SMILES string of the molecule is C/C(=N\NC(=O)Cc1cccs1)c1ccc(-c2ccccc2)cc1. The van der Waals surface area contributed by atoms with Crippen LogP contribution in [0.4, 0.5) is 0 Å². The summed E-state index contributed by atoms with van der Waals surface area (Å²) in [7, 11) is 0. The van der Waals surface area contributed by atoms with E-state index in [1.54, 1.807) is 11.3 Å². The normalized spacial score (nSPS) is 11.3. The van der Waals surface area contributed by atoms with Crippen LogP contribution in [0.2, 0.25) is 0 Å². The van der Waals surface area contributed by atoms with E-state index in [9.17, 15) is 4.79 Å². The summed E-state index contributed by atoms with van der Waals surface area (Å²) in [6.45, 7) is 1.89. The molecule has 1 aromatic heterocycles. The first-order valence-corrected chi connectivity index (χ1v) is 8.62. The van der Waals surface area contributed by atoms with Crippen molar-refractivity contribution >= 4 is 23.0 Å². The molecule has 0 saturated heterocycles. The van der Waals surface area contributed by atoms with Crippen molar-refractivity contribution < 1.29 is 4.79 Å². The molecule has 0 fully saturated rings. The molecule has 3 nitrogen and oxygen atoms in total. The van der Waals surface area contributed by atoms with Gasteiger partial charge in [-0.25, -0.2) is 5.43 Å². The lowest BCUT2D eigenvalue weighted by atomic mass is 10.0. The van der Waals surface area contributed by atoms with E-state index in [4.69, 9.17) is 0 Å². The fraction of sp³-hybridized carbons (Fsp3) is 0.100. The molecule has 0 spiro atoms. The number of hydrogen-bond donors (Lipinski definition) is 1. The van der Waals surface area contributed by atoms with Gasteiger partial charge in [0.1, 0.15) is 0 Å². The third-order valence-electron chi connectivity index (χ3n) is 3.67. The fourth-order valence-corrected chi connectivity index (χ4v) is 3.06. The molecule has 0 atom stereocenters. The number of thiophene rings is 1. The maximum absolute atomic E-state index is 11.9. The lowest BCUT2D eigenvalue weighted by Gasteiger charge is -2.05. The molecule has 0 aliphatic rings. The minimum absolute atomic E-state index is 0.0993. The van der Waals surface area contributed by atoms with Crippen LogP contribution in [-0.4, -0.2) is 11.6 Å². The van der Waals surface area contributed by atoms with E-state index in [0.29, 0.717) is 6.42 Å². The van der Waals surface area contributed by atoms with Gasteiger partial charge < -0.3 is 0 Å². The molecule has 1 heterocycles. The van der Waals surface area contributed by atoms with Crippen LogP contribution in [-0.2, 0) is 11.2 Å². The van der Waals surface area contributed by atoms with E-state index in [1.807, 2.05) is 54.8 Å². The van der Waals surface area contributed by atoms with Gasteiger partial charge in [-0.3, -0.25) is 4.79 Å². The molecule has 1 amide bonds. The second-order valence-electron chi connectivity index (χ2n) is 5.43. The zero-order chi connectivity index (χ0) is 16.8. The molecule has 0 aliphatic heterocycles. The van der Waals surface area contributed by atoms with Crippen molar-refractivity contribution in [1.82, 2.24) is 5.43 Å². The molecule has 0 radical (unpaired) electrons. The molecule has 3 rings (SSSR count). The zero-order valence-corrected chi connectivity index (χ0v) is 14.2. The molecule has 2 aromatic carbocycles. The Morgan fingerprint density at radius 1 is 0.958 bits per heavy atom. The second-order valence-corrected chi connectivity index (χ2v) is 6.46. The van der Waals surface area contributed by atoms with Gasteiger partial charge in [0, 0.05) is 4.88 Å². The van der Waals surface area contributed by atoms with Crippen molar-refractivity contribution in [2.24, 2.45) is 5.10 Å². The van der Waals surface area contributed by atoms with Gasteiger partial charge in [-0.1, -0.05) is 60.7 Å². The Balaban J connectivity index is 1.64. The molecule has 1 N–H and O–H groups in total. The number of benzene rings is 2. The summed E-state index contributed by atoms with van der Waals surface area (Å²) in [6, 6.07) is 22.3. The summed E-state index contributed by atoms with van der Waals surface area (Å²) in [6.07, 6.45) is 0.362. The van der Waals surface area contributed by atoms with Crippen molar-refractivity contribution in [3.8, 4) is 11.1 Å². The Labute approximate surface area is 145 Å². The highest BCUT2D eigenvalue weighted by Gasteiger charge is 2.04. The van der Waals surface area contributed by atoms with Crippen molar-refractivity contribution in [2.75, 3.05) is 0 Å². The molecule has 0 bridgehead atoms. The minimum atomic E-state index is -0.0993. The van der Waals surface area contributed by atoms with Gasteiger partial charge in [-0.15, -0.1) is 11.3 Å². The molecule has 0 saturated carbocycles. The van der Waals surface area contributed by atoms with Gasteiger partial charge in [-0.2, -0.15) is 5.10 Å². The molecule has 120 valence electrons. The topological polar surface area (TPSA) is 41.5 Å². The number of hydrazone groups is 1. The van der Waals surface area contributed by atoms with E-state index in [1.165, 1.54) is 5.56 Å². The van der Waals surface area contributed by atoms with Crippen LogP contribution in [0.1, 0.15) is 17.4 Å². The number of amides is 1. The second kappa shape index (κ2) is 7.70. The van der Waals surface area contributed by atoms with Crippen LogP contribution in [0.15, 0.2) is 77.2 Å². The Bertz CT molecular complexity index is 822. The first kappa shape index (κ1) is 16.1. The third kappa shape index (κ3) is 4.18. The number of hydrogen-bond acceptors (Lipinski definition) is 3. The Morgan fingerprint density at radius 3 is 2.33 bits per heavy atom. The summed E-state index contributed by atoms with van der Waals surface area (Å²) in [4.78, 5) is 12.9. The van der Waals surface area contributed by atoms with Crippen LogP contribution < -0.4 is 5.43 Å². The van der Waals surface area contributed by atoms with Gasteiger partial charge in [0.2, 0.25) is 5.91 Å². The zero-order valence-electron chi connectivity index (χ0n) is 13.4. The molecule has 4 heteroatoms. The van der Waals surface area contributed by atoms with Crippen LogP contribution in [0.25, 0.3) is 11.1 Å². The number of rotatable bonds is 5. The average molecular weight is 334 g/mol. The van der Waals surface area contributed by atoms with Gasteiger partial charge >= 0.3 is 0 Å². The molecular formula is C20H18N2OS. The van der Waals surface area contributed by atoms with Gasteiger partial charge in [-0.05, 0) is 35.1 Å². The summed E-state index contributed by atoms with van der Waals surface area (Å²) in [5, 5.41) is 6.16. The molecular weight excluding hydrogens is 316 g/mol. The summed E-state index contributed by atoms with van der Waals surface area (Å²) < 4.78 is 0. The van der Waals surface area contributed by atoms with E-state index in [-0.39, 0.29) is 5.91 Å². The van der Waals surface area contributed by atoms with E-state index in [2.05, 4.69) is 34.8 Å². The predicted octanol–water partition coefficient (Wildman–Crippen LogP) is 4.50. The maximum atomic E-state index is 11.9. The lowest BCUT2D eigenvalue weighted by molar-refractivity contribution is -0.120. The Hall–Kier alpha value is -2.72. The molecule has 0 aliphatic carbocycles. The van der Waals surface area contributed by atoms with Gasteiger partial charge in [0.15, 0.2) is 0 Å². The number of carbonyl (C=O) groups excluding carboxylic acids is 1. The largest absolute Gasteiger partial charge is 0.273 e. The summed E-state index contributed by atoms with van der Waals surface area (Å²) >= 11 is 1.57. The van der Waals surface area contributed by atoms with Crippen LogP contribution >= 0.6 is 11.3 Å². The maximum Gasteiger partial charge on any atom is 0.245 e. The predicted molar refractivity (Wildman–Crippen MR) is 100 cm³/mol. The van der Waals surface area contributed by atoms with Crippen LogP contribution in [0.5, 0.6) is 0 Å². The summed E-state index contributed by atoms with van der Waals surface area (Å²) in [5.41, 5.74) is 6.74. The highest BCUT2D eigenvalue weighted by molar-refractivity contribution is 7.10. The molecule has 0 unspecified atom stereocenters. The van der Waals surface area contributed by atoms with Crippen LogP contribution in [0, 0.1) is 0 Å². The van der Waals surface area contributed by atoms with Crippen molar-refractivity contribution in [1.29, 1.82) is 0 Å². The standard InChI is InChI=1S/C20H18N2OS/c1-15(21-22-20(23)14-19-8-5-13-24-19)16-9-11-18(12-10-16)17-6-3-2-4-7-17/h2-13H,14H2,1H3,(H,22,23)/b21-15+. The fourth-order valence-electron chi connectivity index (χ4n) is 2.36. The van der Waals surface area contributed by atoms with Crippen molar-refractivity contribution in [3.05, 3.63) is 82.6 Å². The molecule has 24 heavy (non-hydrogen) atoms. The third-order valence-corrected chi connectivity index (χ3v) is 4.55. The summed E-state index contributed by atoms with van der Waals surface area (Å²) in [5.74, 6) is -0.0993. The molecule has 3 aromatic rings. The smallest absolute Gasteiger partial charge is 0.245 e. The lowest BCUT2D eigenvalue weighted by Crippen LogP contribution is -2.20. The number of nitrogens with one attached hydrogen (secondary N) is 1. The number of carbonyl (C=O) groups is 1. The van der Waals surface area contributed by atoms with Gasteiger partial charge in [0.05, 0.1) is 12.1 Å². The van der Waals surface area contributed by atoms with E-state index >= 15 is 0 Å². The quantitative estimate of drug-likeness (QED) is 0.542. The van der Waals surface area contributed by atoms with Gasteiger partial charge in [0.25, 0.3) is 0 Å². The minimum Gasteiger partial charge on any atom is -0.273 e. The highest BCUT2D eigenvalue weighted by Crippen LogP contribution is 2.19. The average Bonchev–Trinajstić information content (AvgIpc) is 3.13. The van der Waals surface area contributed by atoms with E-state index in [0.717, 1.165) is 21.7 Å². The first-order chi connectivity index (χ1) is 11.7. The van der Waals surface area contributed by atoms with Crippen molar-refractivity contribution in [3.63, 3.8) is 0 Å². The Morgan fingerprint density at radius 2 is 1.67 bits per heavy atom. The monoisotopic (exact) mass is 334 g/mol. The first-order valence-electron chi connectivity index (χ1n) is 7.74. The van der Waals surface area contributed by atoms with E-state index < -0.39 is 0 Å².